The molecule has 2 amide bonds. The number of nitrogens with zero attached hydrogens (tertiary/aromatic N) is 2. The molecule has 1 aliphatic heterocycles. The average Bonchev–Trinajstić information content (AvgIpc) is 3.39. The lowest BCUT2D eigenvalue weighted by Crippen LogP contribution is -2.52. The second kappa shape index (κ2) is 13.4. The van der Waals surface area contributed by atoms with E-state index in [2.05, 4.69) is 5.32 Å². The van der Waals surface area contributed by atoms with E-state index < -0.39 is 28.5 Å². The van der Waals surface area contributed by atoms with Gasteiger partial charge in [-0.1, -0.05) is 32.4 Å². The zero-order valence-corrected chi connectivity index (χ0v) is 23.3. The van der Waals surface area contributed by atoms with E-state index in [1.807, 2.05) is 19.9 Å². The summed E-state index contributed by atoms with van der Waals surface area (Å²) in [7, 11) is -2.29. The van der Waals surface area contributed by atoms with Crippen LogP contribution in [0.4, 0.5) is 5.69 Å². The summed E-state index contributed by atoms with van der Waals surface area (Å²) in [6.07, 6.45) is 2.10. The van der Waals surface area contributed by atoms with Gasteiger partial charge in [0, 0.05) is 19.2 Å². The third-order valence-electron chi connectivity index (χ3n) is 6.33. The molecule has 1 N–H and O–H groups in total. The number of ether oxygens (including phenoxy) is 3. The molecule has 0 saturated carbocycles. The van der Waals surface area contributed by atoms with Crippen LogP contribution in [0.1, 0.15) is 45.6 Å². The third kappa shape index (κ3) is 7.09. The largest absolute Gasteiger partial charge is 0.497 e. The van der Waals surface area contributed by atoms with Crippen LogP contribution in [-0.2, 0) is 26.2 Å². The van der Waals surface area contributed by atoms with E-state index in [9.17, 15) is 18.0 Å². The van der Waals surface area contributed by atoms with E-state index in [4.69, 9.17) is 14.2 Å². The van der Waals surface area contributed by atoms with Gasteiger partial charge in [0.1, 0.15) is 18.3 Å². The normalized spacial score (nSPS) is 13.1. The molecule has 1 heterocycles. The Labute approximate surface area is 224 Å². The number of carbonyl (C=O) groups is 2. The number of rotatable bonds is 14. The Bertz CT molecular complexity index is 1220. The fraction of sp³-hybridized carbons (Fsp3) is 0.481. The maximum Gasteiger partial charge on any atom is 0.244 e. The molecule has 0 fully saturated rings. The van der Waals surface area contributed by atoms with Gasteiger partial charge in [0.25, 0.3) is 0 Å². The van der Waals surface area contributed by atoms with Gasteiger partial charge in [-0.2, -0.15) is 0 Å². The number of benzene rings is 2. The first-order chi connectivity index (χ1) is 18.2. The Morgan fingerprint density at radius 3 is 2.53 bits per heavy atom. The predicted octanol–water partition coefficient (Wildman–Crippen LogP) is 3.30. The van der Waals surface area contributed by atoms with Crippen molar-refractivity contribution in [1.82, 2.24) is 10.2 Å². The number of sulfonamides is 1. The zero-order valence-electron chi connectivity index (χ0n) is 22.4. The van der Waals surface area contributed by atoms with E-state index in [0.717, 1.165) is 22.7 Å². The van der Waals surface area contributed by atoms with E-state index in [-0.39, 0.29) is 30.7 Å². The molecule has 0 radical (unpaired) electrons. The van der Waals surface area contributed by atoms with Gasteiger partial charge in [0.15, 0.2) is 11.5 Å². The lowest BCUT2D eigenvalue weighted by Gasteiger charge is -2.33. The summed E-state index contributed by atoms with van der Waals surface area (Å²) < 4.78 is 43.4. The first-order valence-electron chi connectivity index (χ1n) is 12.8. The summed E-state index contributed by atoms with van der Waals surface area (Å²) >= 11 is 0. The SMILES string of the molecule is CCCCNC(=O)C(CC)N(Cc1cccc(OC)c1)C(=O)CN(c1ccc2c(c1)OCO2)S(=O)(=O)CC. The number of methoxy groups -OCH3 is 1. The third-order valence-corrected chi connectivity index (χ3v) is 8.07. The number of anilines is 1. The quantitative estimate of drug-likeness (QED) is 0.361. The van der Waals surface area contributed by atoms with E-state index in [0.29, 0.717) is 30.2 Å². The van der Waals surface area contributed by atoms with E-state index >= 15 is 0 Å². The highest BCUT2D eigenvalue weighted by molar-refractivity contribution is 7.92. The molecule has 0 bridgehead atoms. The van der Waals surface area contributed by atoms with Crippen molar-refractivity contribution in [2.24, 2.45) is 0 Å². The number of carbonyl (C=O) groups excluding carboxylic acids is 2. The second-order valence-corrected chi connectivity index (χ2v) is 11.1. The topological polar surface area (TPSA) is 114 Å². The molecular weight excluding hydrogens is 510 g/mol. The molecule has 0 saturated heterocycles. The highest BCUT2D eigenvalue weighted by atomic mass is 32.2. The highest BCUT2D eigenvalue weighted by Crippen LogP contribution is 2.36. The summed E-state index contributed by atoms with van der Waals surface area (Å²) in [5.74, 6) is 0.542. The first-order valence-corrected chi connectivity index (χ1v) is 14.4. The van der Waals surface area contributed by atoms with Crippen molar-refractivity contribution in [1.29, 1.82) is 0 Å². The Kier molecular flexibility index (Phi) is 10.2. The van der Waals surface area contributed by atoms with Gasteiger partial charge in [-0.05, 0) is 49.6 Å². The van der Waals surface area contributed by atoms with Crippen molar-refractivity contribution in [2.45, 2.75) is 52.6 Å². The van der Waals surface area contributed by atoms with Crippen LogP contribution in [0, 0.1) is 0 Å². The van der Waals surface area contributed by atoms with Crippen molar-refractivity contribution >= 4 is 27.5 Å². The standard InChI is InChI=1S/C27H37N3O7S/c1-5-8-14-28-27(32)23(6-2)29(17-20-10-9-11-22(15-20)35-4)26(31)18-30(38(33,34)7-3)21-12-13-24-25(16-21)37-19-36-24/h9-13,15-16,23H,5-8,14,17-19H2,1-4H3,(H,28,32). The Balaban J connectivity index is 1.96. The number of amides is 2. The number of nitrogens with one attached hydrogen (secondary N) is 1. The van der Waals surface area contributed by atoms with Crippen LogP contribution in [0.3, 0.4) is 0 Å². The number of hydrogen-bond acceptors (Lipinski definition) is 7. The maximum atomic E-state index is 13.9. The summed E-state index contributed by atoms with van der Waals surface area (Å²) in [5, 5.41) is 2.91. The molecule has 1 unspecified atom stereocenters. The summed E-state index contributed by atoms with van der Waals surface area (Å²) in [6.45, 7) is 5.55. The Hall–Kier alpha value is -3.47. The van der Waals surface area contributed by atoms with Gasteiger partial charge in [-0.3, -0.25) is 13.9 Å². The minimum Gasteiger partial charge on any atom is -0.497 e. The van der Waals surface area contributed by atoms with Gasteiger partial charge in [0.05, 0.1) is 18.6 Å². The minimum absolute atomic E-state index is 0.0396. The van der Waals surface area contributed by atoms with Gasteiger partial charge >= 0.3 is 0 Å². The number of hydrogen-bond donors (Lipinski definition) is 1. The fourth-order valence-corrected chi connectivity index (χ4v) is 5.21. The van der Waals surface area contributed by atoms with Crippen LogP contribution in [0.15, 0.2) is 42.5 Å². The van der Waals surface area contributed by atoms with Gasteiger partial charge in [-0.15, -0.1) is 0 Å². The first kappa shape index (κ1) is 29.1. The van der Waals surface area contributed by atoms with Gasteiger partial charge < -0.3 is 24.4 Å². The molecule has 2 aromatic carbocycles. The van der Waals surface area contributed by atoms with Crippen LogP contribution in [-0.4, -0.2) is 63.9 Å². The predicted molar refractivity (Wildman–Crippen MR) is 145 cm³/mol. The van der Waals surface area contributed by atoms with Crippen molar-refractivity contribution < 1.29 is 32.2 Å². The monoisotopic (exact) mass is 547 g/mol. The molecule has 0 spiro atoms. The molecule has 2 aromatic rings. The van der Waals surface area contributed by atoms with Gasteiger partial charge in [0.2, 0.25) is 28.6 Å². The lowest BCUT2D eigenvalue weighted by atomic mass is 10.1. The lowest BCUT2D eigenvalue weighted by molar-refractivity contribution is -0.140. The zero-order chi connectivity index (χ0) is 27.7. The Morgan fingerprint density at radius 1 is 1.08 bits per heavy atom. The van der Waals surface area contributed by atoms with Crippen LogP contribution in [0.2, 0.25) is 0 Å². The smallest absolute Gasteiger partial charge is 0.244 e. The number of fused-ring (bicyclic) bond motifs is 1. The van der Waals surface area contributed by atoms with Crippen molar-refractivity contribution in [3.05, 3.63) is 48.0 Å². The summed E-state index contributed by atoms with van der Waals surface area (Å²) in [5.41, 5.74) is 1.04. The van der Waals surface area contributed by atoms with Gasteiger partial charge in [-0.25, -0.2) is 8.42 Å². The average molecular weight is 548 g/mol. The molecule has 1 aliphatic rings. The van der Waals surface area contributed by atoms with Crippen molar-refractivity contribution in [3.8, 4) is 17.2 Å². The van der Waals surface area contributed by atoms with Crippen LogP contribution < -0.4 is 23.8 Å². The Morgan fingerprint density at radius 2 is 1.84 bits per heavy atom. The number of unbranched alkanes of at least 4 members (excludes halogenated alkanes) is 1. The molecule has 0 aliphatic carbocycles. The molecule has 208 valence electrons. The molecule has 3 rings (SSSR count). The molecule has 1 atom stereocenters. The van der Waals surface area contributed by atoms with Crippen molar-refractivity contribution in [3.63, 3.8) is 0 Å². The summed E-state index contributed by atoms with van der Waals surface area (Å²) in [4.78, 5) is 28.5. The molecule has 10 nitrogen and oxygen atoms in total. The highest BCUT2D eigenvalue weighted by Gasteiger charge is 2.33. The molecule has 11 heteroatoms. The van der Waals surface area contributed by atoms with Crippen LogP contribution >= 0.6 is 0 Å². The fourth-order valence-electron chi connectivity index (χ4n) is 4.15. The van der Waals surface area contributed by atoms with Crippen LogP contribution in [0.25, 0.3) is 0 Å². The van der Waals surface area contributed by atoms with Crippen molar-refractivity contribution in [2.75, 3.05) is 37.1 Å². The molecular formula is C27H37N3O7S. The molecule has 38 heavy (non-hydrogen) atoms. The second-order valence-electron chi connectivity index (χ2n) is 8.89. The minimum atomic E-state index is -3.84. The molecule has 0 aromatic heterocycles. The maximum absolute atomic E-state index is 13.9. The van der Waals surface area contributed by atoms with E-state index in [1.165, 1.54) is 11.8 Å². The van der Waals surface area contributed by atoms with Crippen LogP contribution in [0.5, 0.6) is 17.2 Å². The van der Waals surface area contributed by atoms with E-state index in [1.54, 1.807) is 43.5 Å². The summed E-state index contributed by atoms with van der Waals surface area (Å²) in [6, 6.07) is 11.2.